The molecule has 0 fully saturated rings. The van der Waals surface area contributed by atoms with E-state index in [9.17, 15) is 4.39 Å². The molecule has 0 aliphatic heterocycles. The van der Waals surface area contributed by atoms with Gasteiger partial charge in [0.1, 0.15) is 0 Å². The van der Waals surface area contributed by atoms with Gasteiger partial charge in [-0.05, 0) is 0 Å². The maximum absolute atomic E-state index is 12.9. The van der Waals surface area contributed by atoms with Crippen molar-refractivity contribution in [2.24, 2.45) is 0 Å². The molecular formula is C9H9ClFO2Tl. The first-order valence-electron chi connectivity index (χ1n) is 4.06. The van der Waals surface area contributed by atoms with Gasteiger partial charge in [-0.3, -0.25) is 0 Å². The van der Waals surface area contributed by atoms with E-state index in [0.717, 1.165) is 0 Å². The third-order valence-corrected chi connectivity index (χ3v) is 2.52. The van der Waals surface area contributed by atoms with Crippen molar-refractivity contribution in [1.29, 1.82) is 0 Å². The molecule has 0 aliphatic carbocycles. The van der Waals surface area contributed by atoms with Gasteiger partial charge in [-0.1, -0.05) is 0 Å². The molecular weight excluding hydrogens is 399 g/mol. The van der Waals surface area contributed by atoms with Gasteiger partial charge in [0, 0.05) is 0 Å². The molecule has 74 valence electrons. The van der Waals surface area contributed by atoms with Crippen molar-refractivity contribution in [1.82, 2.24) is 0 Å². The van der Waals surface area contributed by atoms with Crippen LogP contribution in [0.15, 0.2) is 24.3 Å². The Kier molecular flexibility index (Phi) is 5.73. The van der Waals surface area contributed by atoms with Gasteiger partial charge in [-0.15, -0.1) is 0 Å². The number of rotatable bonds is 5. The molecule has 0 unspecified atom stereocenters. The van der Waals surface area contributed by atoms with Crippen LogP contribution >= 0.6 is 11.6 Å². The van der Waals surface area contributed by atoms with Crippen LogP contribution in [-0.4, -0.2) is 45.6 Å². The predicted molar refractivity (Wildman–Crippen MR) is 53.5 cm³/mol. The van der Waals surface area contributed by atoms with Crippen molar-refractivity contribution in [3.8, 4) is 5.75 Å². The van der Waals surface area contributed by atoms with Crippen LogP contribution in [-0.2, 0) is 2.69 Å². The van der Waals surface area contributed by atoms with E-state index in [0.29, 0.717) is 37.0 Å². The van der Waals surface area contributed by atoms with E-state index >= 15 is 0 Å². The second-order valence-corrected chi connectivity index (χ2v) is 4.43. The Hall–Kier alpha value is 0.122. The van der Waals surface area contributed by atoms with E-state index < -0.39 is 6.17 Å². The maximum atomic E-state index is 12.9. The van der Waals surface area contributed by atoms with Crippen LogP contribution in [0.3, 0.4) is 0 Å². The molecule has 0 saturated carbocycles. The zero-order valence-corrected chi connectivity index (χ0v) is 12.7. The van der Waals surface area contributed by atoms with Crippen LogP contribution in [0.2, 0.25) is 5.02 Å². The Morgan fingerprint density at radius 3 is 2.50 bits per heavy atom. The molecule has 5 heteroatoms. The van der Waals surface area contributed by atoms with E-state index in [1.165, 1.54) is 0 Å². The Morgan fingerprint density at radius 1 is 1.29 bits per heavy atom. The molecule has 0 spiro atoms. The first kappa shape index (κ1) is 12.2. The molecule has 0 N–H and O–H groups in total. The molecule has 0 aliphatic rings. The van der Waals surface area contributed by atoms with Crippen molar-refractivity contribution in [2.75, 3.05) is 13.2 Å². The molecule has 1 aromatic rings. The zero-order chi connectivity index (χ0) is 10.4. The summed E-state index contributed by atoms with van der Waals surface area (Å²) in [6.07, 6.45) is -1.06. The average molecular weight is 408 g/mol. The minimum absolute atomic E-state index is 0.0222. The summed E-state index contributed by atoms with van der Waals surface area (Å²) >= 11 is 6.05. The first-order chi connectivity index (χ1) is 6.72. The summed E-state index contributed by atoms with van der Waals surface area (Å²) in [4.78, 5) is 0. The second kappa shape index (κ2) is 6.58. The summed E-state index contributed by atoms with van der Waals surface area (Å²) in [5, 5.41) is 0.637. The summed E-state index contributed by atoms with van der Waals surface area (Å²) < 4.78 is 22.9. The van der Waals surface area contributed by atoms with E-state index in [1.54, 1.807) is 24.3 Å². The minimum atomic E-state index is -1.06. The zero-order valence-electron chi connectivity index (χ0n) is 7.45. The third kappa shape index (κ3) is 4.57. The van der Waals surface area contributed by atoms with Gasteiger partial charge in [-0.2, -0.15) is 0 Å². The van der Waals surface area contributed by atoms with Crippen molar-refractivity contribution in [2.45, 2.75) is 6.17 Å². The van der Waals surface area contributed by atoms with Crippen LogP contribution < -0.4 is 4.74 Å². The molecule has 14 heavy (non-hydrogen) atoms. The van der Waals surface area contributed by atoms with Gasteiger partial charge >= 0.3 is 104 Å². The van der Waals surface area contributed by atoms with Crippen molar-refractivity contribution in [3.63, 3.8) is 0 Å². The van der Waals surface area contributed by atoms with Crippen molar-refractivity contribution in [3.05, 3.63) is 29.3 Å². The molecule has 0 radical (unpaired) electrons. The summed E-state index contributed by atoms with van der Waals surface area (Å²) in [6, 6.07) is 6.82. The Labute approximate surface area is 104 Å². The molecule has 1 rings (SSSR count). The molecule has 0 amide bonds. The summed E-state index contributed by atoms with van der Waals surface area (Å²) in [7, 11) is 0. The molecule has 1 atom stereocenters. The molecule has 0 aromatic heterocycles. The van der Waals surface area contributed by atoms with Gasteiger partial charge in [0.25, 0.3) is 0 Å². The fraction of sp³-hybridized carbons (Fsp3) is 0.333. The van der Waals surface area contributed by atoms with Gasteiger partial charge < -0.3 is 0 Å². The van der Waals surface area contributed by atoms with E-state index in [-0.39, 0.29) is 13.2 Å². The number of ether oxygens (including phenoxy) is 1. The van der Waals surface area contributed by atoms with Crippen LogP contribution in [0.4, 0.5) is 4.39 Å². The van der Waals surface area contributed by atoms with E-state index in [1.807, 2.05) is 0 Å². The molecule has 2 nitrogen and oxygen atoms in total. The number of benzene rings is 1. The second-order valence-electron chi connectivity index (χ2n) is 2.70. The van der Waals surface area contributed by atoms with Gasteiger partial charge in [0.2, 0.25) is 0 Å². The van der Waals surface area contributed by atoms with Gasteiger partial charge in [0.15, 0.2) is 0 Å². The Morgan fingerprint density at radius 2 is 1.93 bits per heavy atom. The quantitative estimate of drug-likeness (QED) is 0.696. The van der Waals surface area contributed by atoms with Gasteiger partial charge in [0.05, 0.1) is 0 Å². The normalized spacial score (nSPS) is 12.4. The predicted octanol–water partition coefficient (Wildman–Crippen LogP) is 2.16. The number of hydrogen-bond donors (Lipinski definition) is 0. The summed E-state index contributed by atoms with van der Waals surface area (Å²) in [5.74, 6) is 0.618. The fourth-order valence-corrected chi connectivity index (χ4v) is 1.81. The van der Waals surface area contributed by atoms with E-state index in [2.05, 4.69) is 0 Å². The number of alkyl halides is 1. The Balaban J connectivity index is 2.34. The molecule has 0 saturated heterocycles. The van der Waals surface area contributed by atoms with Gasteiger partial charge in [-0.25, -0.2) is 0 Å². The summed E-state index contributed by atoms with van der Waals surface area (Å²) in [6.45, 7) is 0.145. The number of hydrogen-bond acceptors (Lipinski definition) is 2. The molecule has 1 aromatic carbocycles. The number of halogens is 2. The van der Waals surface area contributed by atoms with E-state index in [4.69, 9.17) is 19.0 Å². The SMILES string of the molecule is F[C@@H](C[O][Tl])COc1ccc(Cl)cc1. The molecule has 0 heterocycles. The van der Waals surface area contributed by atoms with Crippen LogP contribution in [0, 0.1) is 0 Å². The van der Waals surface area contributed by atoms with Crippen molar-refractivity contribution < 1.29 is 11.8 Å². The van der Waals surface area contributed by atoms with Crippen LogP contribution in [0.25, 0.3) is 0 Å². The topological polar surface area (TPSA) is 18.5 Å². The monoisotopic (exact) mass is 408 g/mol. The third-order valence-electron chi connectivity index (χ3n) is 1.52. The van der Waals surface area contributed by atoms with Crippen molar-refractivity contribution >= 4 is 37.8 Å². The summed E-state index contributed by atoms with van der Waals surface area (Å²) in [5.41, 5.74) is 0. The molecule has 0 bridgehead atoms. The first-order valence-corrected chi connectivity index (χ1v) is 6.27. The Bertz CT molecular complexity index is 268. The average Bonchev–Trinajstić information content (AvgIpc) is 2.17. The van der Waals surface area contributed by atoms with Crippen LogP contribution in [0.1, 0.15) is 0 Å². The fourth-order valence-electron chi connectivity index (χ4n) is 0.870. The van der Waals surface area contributed by atoms with Crippen LogP contribution in [0.5, 0.6) is 5.75 Å². The standard InChI is InChI=1S/C9H9ClFO2.Tl/c10-7-1-3-9(4-2-7)13-6-8(11)5-12;/h1-4,8H,5-6H2;/q-1;+1/t8-;/m0./s1.